The van der Waals surface area contributed by atoms with Crippen LogP contribution in [0.25, 0.3) is 5.69 Å². The Kier molecular flexibility index (Phi) is 5.76. The molecule has 1 aliphatic heterocycles. The smallest absolute Gasteiger partial charge is 0.270 e. The number of amides is 2. The first-order chi connectivity index (χ1) is 15.4. The normalized spacial score (nSPS) is 14.0. The van der Waals surface area contributed by atoms with E-state index in [4.69, 9.17) is 9.47 Å². The summed E-state index contributed by atoms with van der Waals surface area (Å²) in [6.07, 6.45) is 2.20. The minimum absolute atomic E-state index is 0.186. The van der Waals surface area contributed by atoms with E-state index >= 15 is 0 Å². The van der Waals surface area contributed by atoms with Crippen LogP contribution in [0.2, 0.25) is 0 Å². The molecule has 10 heteroatoms. The SMILES string of the molecule is COc1ccc2c(n1)N(C(=O)C(Oc1ccc(-n3cccn3)c(F)c1)C(C)C)CC(=O)N2. The van der Waals surface area contributed by atoms with E-state index in [1.165, 1.54) is 28.8 Å². The minimum atomic E-state index is -0.975. The van der Waals surface area contributed by atoms with Gasteiger partial charge >= 0.3 is 0 Å². The fraction of sp³-hybridized carbons (Fsp3) is 0.273. The number of methoxy groups -OCH3 is 1. The topological polar surface area (TPSA) is 98.6 Å². The van der Waals surface area contributed by atoms with Crippen LogP contribution < -0.4 is 19.7 Å². The molecule has 0 spiro atoms. The number of pyridine rings is 1. The third kappa shape index (κ3) is 4.11. The van der Waals surface area contributed by atoms with E-state index in [-0.39, 0.29) is 35.6 Å². The number of carbonyl (C=O) groups is 2. The van der Waals surface area contributed by atoms with Crippen molar-refractivity contribution in [3.05, 3.63) is 54.6 Å². The molecule has 2 aromatic heterocycles. The van der Waals surface area contributed by atoms with Crippen LogP contribution in [-0.4, -0.2) is 46.3 Å². The molecule has 3 aromatic rings. The van der Waals surface area contributed by atoms with Gasteiger partial charge in [0.05, 0.1) is 12.8 Å². The number of hydrogen-bond donors (Lipinski definition) is 1. The number of aromatic nitrogens is 3. The van der Waals surface area contributed by atoms with E-state index in [9.17, 15) is 14.0 Å². The average Bonchev–Trinajstić information content (AvgIpc) is 3.30. The second-order valence-corrected chi connectivity index (χ2v) is 7.54. The number of carbonyl (C=O) groups excluding carboxylic acids is 2. The first-order valence-electron chi connectivity index (χ1n) is 10.00. The van der Waals surface area contributed by atoms with Crippen LogP contribution in [0.1, 0.15) is 13.8 Å². The number of fused-ring (bicyclic) bond motifs is 1. The van der Waals surface area contributed by atoms with Gasteiger partial charge in [0.25, 0.3) is 5.91 Å². The monoisotopic (exact) mass is 439 g/mol. The van der Waals surface area contributed by atoms with Crippen molar-refractivity contribution in [2.45, 2.75) is 20.0 Å². The molecule has 32 heavy (non-hydrogen) atoms. The summed E-state index contributed by atoms with van der Waals surface area (Å²) in [6, 6.07) is 9.20. The van der Waals surface area contributed by atoms with Crippen LogP contribution in [0.5, 0.6) is 11.6 Å². The number of anilines is 2. The number of halogens is 1. The maximum atomic E-state index is 14.6. The standard InChI is InChI=1S/C22H22FN5O4/c1-13(2)20(32-14-5-7-17(15(23)11-14)28-10-4-9-24-28)22(30)27-12-18(29)25-16-6-8-19(31-3)26-21(16)27/h4-11,13,20H,12H2,1-3H3,(H,25,29). The highest BCUT2D eigenvalue weighted by molar-refractivity contribution is 6.10. The average molecular weight is 439 g/mol. The van der Waals surface area contributed by atoms with Gasteiger partial charge in [0.15, 0.2) is 17.7 Å². The Morgan fingerprint density at radius 1 is 1.25 bits per heavy atom. The number of nitrogens with zero attached hydrogens (tertiary/aromatic N) is 4. The predicted octanol–water partition coefficient (Wildman–Crippen LogP) is 2.80. The Bertz CT molecular complexity index is 1150. The van der Waals surface area contributed by atoms with Crippen LogP contribution in [0.15, 0.2) is 48.8 Å². The summed E-state index contributed by atoms with van der Waals surface area (Å²) < 4.78 is 27.1. The number of rotatable bonds is 6. The van der Waals surface area contributed by atoms with Crippen molar-refractivity contribution in [2.75, 3.05) is 23.9 Å². The van der Waals surface area contributed by atoms with Crippen LogP contribution in [0, 0.1) is 11.7 Å². The van der Waals surface area contributed by atoms with Crippen molar-refractivity contribution in [3.63, 3.8) is 0 Å². The molecule has 1 unspecified atom stereocenters. The lowest BCUT2D eigenvalue weighted by molar-refractivity contribution is -0.128. The van der Waals surface area contributed by atoms with Gasteiger partial charge in [0.2, 0.25) is 11.8 Å². The zero-order valence-electron chi connectivity index (χ0n) is 17.8. The summed E-state index contributed by atoms with van der Waals surface area (Å²) in [6.45, 7) is 3.40. The molecule has 9 nitrogen and oxygen atoms in total. The van der Waals surface area contributed by atoms with E-state index in [0.717, 1.165) is 0 Å². The number of hydrogen-bond acceptors (Lipinski definition) is 6. The van der Waals surface area contributed by atoms with Gasteiger partial charge in [-0.1, -0.05) is 13.8 Å². The van der Waals surface area contributed by atoms with Crippen molar-refractivity contribution in [1.29, 1.82) is 0 Å². The Morgan fingerprint density at radius 2 is 2.06 bits per heavy atom. The molecule has 1 N–H and O–H groups in total. The predicted molar refractivity (Wildman–Crippen MR) is 115 cm³/mol. The summed E-state index contributed by atoms with van der Waals surface area (Å²) >= 11 is 0. The lowest BCUT2D eigenvalue weighted by Gasteiger charge is -2.32. The van der Waals surface area contributed by atoms with E-state index in [1.807, 2.05) is 0 Å². The zero-order valence-corrected chi connectivity index (χ0v) is 17.8. The van der Waals surface area contributed by atoms with E-state index < -0.39 is 17.8 Å². The van der Waals surface area contributed by atoms with Crippen molar-refractivity contribution in [3.8, 4) is 17.3 Å². The zero-order chi connectivity index (χ0) is 22.8. The van der Waals surface area contributed by atoms with Crippen LogP contribution in [0.4, 0.5) is 15.9 Å². The van der Waals surface area contributed by atoms with Crippen molar-refractivity contribution in [1.82, 2.24) is 14.8 Å². The van der Waals surface area contributed by atoms with Gasteiger partial charge < -0.3 is 14.8 Å². The van der Waals surface area contributed by atoms with Crippen molar-refractivity contribution < 1.29 is 23.5 Å². The van der Waals surface area contributed by atoms with Crippen LogP contribution >= 0.6 is 0 Å². The molecule has 0 aliphatic carbocycles. The molecule has 0 bridgehead atoms. The van der Waals surface area contributed by atoms with Crippen molar-refractivity contribution in [2.24, 2.45) is 5.92 Å². The molecule has 0 radical (unpaired) electrons. The largest absolute Gasteiger partial charge is 0.481 e. The van der Waals surface area contributed by atoms with E-state index in [0.29, 0.717) is 11.6 Å². The molecule has 0 saturated carbocycles. The maximum Gasteiger partial charge on any atom is 0.270 e. The highest BCUT2D eigenvalue weighted by Gasteiger charge is 2.36. The second-order valence-electron chi connectivity index (χ2n) is 7.54. The molecule has 1 aromatic carbocycles. The van der Waals surface area contributed by atoms with Gasteiger partial charge in [-0.05, 0) is 30.2 Å². The number of benzene rings is 1. The molecule has 3 heterocycles. The van der Waals surface area contributed by atoms with E-state index in [2.05, 4.69) is 15.4 Å². The molecule has 0 saturated heterocycles. The van der Waals surface area contributed by atoms with Crippen LogP contribution in [0.3, 0.4) is 0 Å². The highest BCUT2D eigenvalue weighted by atomic mass is 19.1. The first-order valence-corrected chi connectivity index (χ1v) is 10.00. The Balaban J connectivity index is 1.62. The lowest BCUT2D eigenvalue weighted by atomic mass is 10.0. The van der Waals surface area contributed by atoms with Gasteiger partial charge in [-0.2, -0.15) is 10.1 Å². The van der Waals surface area contributed by atoms with Gasteiger partial charge in [-0.25, -0.2) is 9.07 Å². The fourth-order valence-corrected chi connectivity index (χ4v) is 3.37. The summed E-state index contributed by atoms with van der Waals surface area (Å²) in [5.74, 6) is -0.876. The minimum Gasteiger partial charge on any atom is -0.481 e. The number of nitrogens with one attached hydrogen (secondary N) is 1. The molecule has 0 fully saturated rings. The summed E-state index contributed by atoms with van der Waals surface area (Å²) in [5.41, 5.74) is 0.653. The summed E-state index contributed by atoms with van der Waals surface area (Å²) in [7, 11) is 1.46. The highest BCUT2D eigenvalue weighted by Crippen LogP contribution is 2.31. The third-order valence-electron chi connectivity index (χ3n) is 4.94. The van der Waals surface area contributed by atoms with Gasteiger partial charge in [0.1, 0.15) is 18.0 Å². The van der Waals surface area contributed by atoms with Gasteiger partial charge in [-0.3, -0.25) is 14.5 Å². The summed E-state index contributed by atoms with van der Waals surface area (Å²) in [4.78, 5) is 31.2. The Hall–Kier alpha value is -3.95. The van der Waals surface area contributed by atoms with Crippen LogP contribution in [-0.2, 0) is 9.59 Å². The summed E-state index contributed by atoms with van der Waals surface area (Å²) in [5, 5.41) is 6.71. The van der Waals surface area contributed by atoms with Gasteiger partial charge in [0, 0.05) is 24.5 Å². The maximum absolute atomic E-state index is 14.6. The number of ether oxygens (including phenoxy) is 2. The lowest BCUT2D eigenvalue weighted by Crippen LogP contribution is -2.50. The fourth-order valence-electron chi connectivity index (χ4n) is 3.37. The Morgan fingerprint density at radius 3 is 2.72 bits per heavy atom. The second kappa shape index (κ2) is 8.66. The molecular formula is C22H22FN5O4. The molecule has 4 rings (SSSR count). The molecule has 1 atom stereocenters. The molecule has 1 aliphatic rings. The first kappa shape index (κ1) is 21.3. The molecule has 2 amide bonds. The Labute approximate surface area is 183 Å². The van der Waals surface area contributed by atoms with E-state index in [1.54, 1.807) is 50.5 Å². The van der Waals surface area contributed by atoms with Gasteiger partial charge in [-0.15, -0.1) is 0 Å². The molecule has 166 valence electrons. The van der Waals surface area contributed by atoms with Crippen molar-refractivity contribution >= 4 is 23.3 Å². The quantitative estimate of drug-likeness (QED) is 0.634. The third-order valence-corrected chi connectivity index (χ3v) is 4.94. The molecular weight excluding hydrogens is 417 g/mol.